The number of halogens is 2. The number of benzene rings is 1. The van der Waals surface area contributed by atoms with Crippen molar-refractivity contribution in [2.75, 3.05) is 7.11 Å². The van der Waals surface area contributed by atoms with Gasteiger partial charge in [-0.2, -0.15) is 0 Å². The van der Waals surface area contributed by atoms with E-state index in [0.29, 0.717) is 16.9 Å². The zero-order chi connectivity index (χ0) is 11.5. The van der Waals surface area contributed by atoms with Gasteiger partial charge in [0.05, 0.1) is 12.7 Å². The predicted molar refractivity (Wildman–Crippen MR) is 59.0 cm³/mol. The summed E-state index contributed by atoms with van der Waals surface area (Å²) in [4.78, 5) is 7.61. The zero-order valence-electron chi connectivity index (χ0n) is 8.45. The monoisotopic (exact) mass is 238 g/mol. The maximum atomic E-state index is 13.7. The van der Waals surface area contributed by atoms with Crippen molar-refractivity contribution in [2.24, 2.45) is 0 Å². The van der Waals surface area contributed by atoms with Crippen LogP contribution in [-0.2, 0) is 0 Å². The smallest absolute Gasteiger partial charge is 0.222 e. The zero-order valence-corrected chi connectivity index (χ0v) is 9.20. The molecule has 0 unspecified atom stereocenters. The lowest BCUT2D eigenvalue weighted by Crippen LogP contribution is -1.93. The van der Waals surface area contributed by atoms with Crippen molar-refractivity contribution in [3.05, 3.63) is 41.7 Å². The first kappa shape index (κ1) is 10.8. The topological polar surface area (TPSA) is 35.0 Å². The van der Waals surface area contributed by atoms with E-state index in [1.54, 1.807) is 12.1 Å². The van der Waals surface area contributed by atoms with Crippen LogP contribution >= 0.6 is 11.6 Å². The van der Waals surface area contributed by atoms with Gasteiger partial charge in [0, 0.05) is 18.0 Å². The number of aromatic nitrogens is 2. The normalized spacial score (nSPS) is 10.2. The van der Waals surface area contributed by atoms with Crippen LogP contribution in [0.3, 0.4) is 0 Å². The molecule has 1 aromatic heterocycles. The number of ether oxygens (including phenoxy) is 1. The third-order valence-electron chi connectivity index (χ3n) is 2.10. The van der Waals surface area contributed by atoms with Crippen LogP contribution in [0.15, 0.2) is 30.6 Å². The highest BCUT2D eigenvalue weighted by molar-refractivity contribution is 6.28. The lowest BCUT2D eigenvalue weighted by molar-refractivity contribution is 0.413. The number of hydrogen-bond donors (Lipinski definition) is 0. The average Bonchev–Trinajstić information content (AvgIpc) is 2.30. The van der Waals surface area contributed by atoms with Crippen molar-refractivity contribution < 1.29 is 9.13 Å². The van der Waals surface area contributed by atoms with Gasteiger partial charge in [-0.25, -0.2) is 14.4 Å². The fourth-order valence-electron chi connectivity index (χ4n) is 1.40. The van der Waals surface area contributed by atoms with Crippen LogP contribution in [-0.4, -0.2) is 17.1 Å². The molecule has 16 heavy (non-hydrogen) atoms. The molecule has 0 radical (unpaired) electrons. The molecule has 1 aromatic carbocycles. The van der Waals surface area contributed by atoms with Crippen LogP contribution in [0.5, 0.6) is 5.75 Å². The molecule has 0 amide bonds. The van der Waals surface area contributed by atoms with Gasteiger partial charge in [0.15, 0.2) is 0 Å². The molecule has 0 saturated carbocycles. The van der Waals surface area contributed by atoms with Crippen molar-refractivity contribution in [2.45, 2.75) is 0 Å². The van der Waals surface area contributed by atoms with E-state index >= 15 is 0 Å². The van der Waals surface area contributed by atoms with Gasteiger partial charge in [-0.3, -0.25) is 0 Å². The fourth-order valence-corrected chi connectivity index (χ4v) is 1.49. The predicted octanol–water partition coefficient (Wildman–Crippen LogP) is 2.94. The number of nitrogens with zero attached hydrogens (tertiary/aromatic N) is 2. The van der Waals surface area contributed by atoms with E-state index in [0.717, 1.165) is 0 Å². The number of rotatable bonds is 2. The molecule has 0 saturated heterocycles. The standard InChI is InChI=1S/C11H8ClFN2O/c1-16-9-4-2-3-8(13)10(9)7-5-14-11(12)15-6-7/h2-6H,1H3. The van der Waals surface area contributed by atoms with Gasteiger partial charge >= 0.3 is 0 Å². The van der Waals surface area contributed by atoms with Gasteiger partial charge in [0.2, 0.25) is 5.28 Å². The Morgan fingerprint density at radius 2 is 1.94 bits per heavy atom. The van der Waals surface area contributed by atoms with Crippen LogP contribution in [0.1, 0.15) is 0 Å². The summed E-state index contributed by atoms with van der Waals surface area (Å²) in [5.41, 5.74) is 0.862. The Morgan fingerprint density at radius 1 is 1.25 bits per heavy atom. The second kappa shape index (κ2) is 4.45. The minimum absolute atomic E-state index is 0.124. The van der Waals surface area contributed by atoms with Gasteiger partial charge in [0.1, 0.15) is 11.6 Å². The number of hydrogen-bond acceptors (Lipinski definition) is 3. The maximum Gasteiger partial charge on any atom is 0.222 e. The first-order valence-electron chi connectivity index (χ1n) is 4.53. The van der Waals surface area contributed by atoms with Crippen LogP contribution in [0, 0.1) is 5.82 Å². The second-order valence-electron chi connectivity index (χ2n) is 3.06. The lowest BCUT2D eigenvalue weighted by Gasteiger charge is -2.08. The molecule has 0 fully saturated rings. The van der Waals surface area contributed by atoms with Crippen molar-refractivity contribution in [1.82, 2.24) is 9.97 Å². The Hall–Kier alpha value is -1.68. The molecule has 2 aromatic rings. The molecule has 1 heterocycles. The van der Waals surface area contributed by atoms with E-state index in [1.165, 1.54) is 25.6 Å². The van der Waals surface area contributed by atoms with Crippen LogP contribution in [0.4, 0.5) is 4.39 Å². The summed E-state index contributed by atoms with van der Waals surface area (Å²) < 4.78 is 18.7. The fraction of sp³-hybridized carbons (Fsp3) is 0.0909. The molecular weight excluding hydrogens is 231 g/mol. The van der Waals surface area contributed by atoms with Gasteiger partial charge < -0.3 is 4.74 Å². The minimum Gasteiger partial charge on any atom is -0.496 e. The Labute approximate surface area is 96.9 Å². The molecule has 0 aliphatic rings. The summed E-state index contributed by atoms with van der Waals surface area (Å²) in [6.07, 6.45) is 2.91. The second-order valence-corrected chi connectivity index (χ2v) is 3.40. The van der Waals surface area contributed by atoms with Crippen molar-refractivity contribution in [3.8, 4) is 16.9 Å². The van der Waals surface area contributed by atoms with Crippen molar-refractivity contribution in [1.29, 1.82) is 0 Å². The molecule has 0 spiro atoms. The van der Waals surface area contributed by atoms with E-state index in [9.17, 15) is 4.39 Å². The largest absolute Gasteiger partial charge is 0.496 e. The summed E-state index contributed by atoms with van der Waals surface area (Å²) in [7, 11) is 1.48. The van der Waals surface area contributed by atoms with E-state index in [1.807, 2.05) is 0 Å². The summed E-state index contributed by atoms with van der Waals surface area (Å²) in [6.45, 7) is 0. The van der Waals surface area contributed by atoms with E-state index in [4.69, 9.17) is 16.3 Å². The van der Waals surface area contributed by atoms with Crippen molar-refractivity contribution >= 4 is 11.6 Å². The third kappa shape index (κ3) is 1.97. The Bertz CT molecular complexity index is 502. The summed E-state index contributed by atoms with van der Waals surface area (Å²) >= 11 is 5.57. The third-order valence-corrected chi connectivity index (χ3v) is 2.30. The van der Waals surface area contributed by atoms with Gasteiger partial charge in [-0.15, -0.1) is 0 Å². The van der Waals surface area contributed by atoms with Gasteiger partial charge in [0.25, 0.3) is 0 Å². The van der Waals surface area contributed by atoms with Gasteiger partial charge in [-0.05, 0) is 23.7 Å². The average molecular weight is 239 g/mol. The van der Waals surface area contributed by atoms with E-state index in [-0.39, 0.29) is 11.1 Å². The Balaban J connectivity index is 2.58. The molecule has 3 nitrogen and oxygen atoms in total. The Morgan fingerprint density at radius 3 is 2.56 bits per heavy atom. The molecule has 2 rings (SSSR count). The maximum absolute atomic E-state index is 13.7. The molecule has 82 valence electrons. The SMILES string of the molecule is COc1cccc(F)c1-c1cnc(Cl)nc1. The highest BCUT2D eigenvalue weighted by Crippen LogP contribution is 2.31. The van der Waals surface area contributed by atoms with Gasteiger partial charge in [-0.1, -0.05) is 6.07 Å². The molecule has 5 heteroatoms. The summed E-state index contributed by atoms with van der Waals surface area (Å²) in [6, 6.07) is 4.61. The number of methoxy groups -OCH3 is 1. The Kier molecular flexibility index (Phi) is 3.01. The quantitative estimate of drug-likeness (QED) is 0.755. The van der Waals surface area contributed by atoms with Crippen LogP contribution in [0.25, 0.3) is 11.1 Å². The van der Waals surface area contributed by atoms with E-state index in [2.05, 4.69) is 9.97 Å². The van der Waals surface area contributed by atoms with Crippen LogP contribution in [0.2, 0.25) is 5.28 Å². The molecule has 0 bridgehead atoms. The minimum atomic E-state index is -0.384. The van der Waals surface area contributed by atoms with Crippen LogP contribution < -0.4 is 4.74 Å². The van der Waals surface area contributed by atoms with Crippen molar-refractivity contribution in [3.63, 3.8) is 0 Å². The molecule has 0 atom stereocenters. The molecule has 0 N–H and O–H groups in total. The highest BCUT2D eigenvalue weighted by atomic mass is 35.5. The lowest BCUT2D eigenvalue weighted by atomic mass is 10.1. The van der Waals surface area contributed by atoms with E-state index < -0.39 is 0 Å². The molecule has 0 aliphatic carbocycles. The summed E-state index contributed by atoms with van der Waals surface area (Å²) in [5, 5.41) is 0.124. The molecular formula is C11H8ClFN2O. The first-order valence-corrected chi connectivity index (χ1v) is 4.90. The summed E-state index contributed by atoms with van der Waals surface area (Å²) in [5.74, 6) is 0.0520. The first-order chi connectivity index (χ1) is 7.72. The molecule has 0 aliphatic heterocycles. The highest BCUT2D eigenvalue weighted by Gasteiger charge is 2.11.